The molecule has 1 N–H and O–H groups in total. The highest BCUT2D eigenvalue weighted by atomic mass is 35.5. The predicted molar refractivity (Wildman–Crippen MR) is 90.4 cm³/mol. The third kappa shape index (κ3) is 5.22. The Balaban J connectivity index is 0.00000144. The number of benzene rings is 1. The van der Waals surface area contributed by atoms with E-state index in [-0.39, 0.29) is 36.4 Å². The fraction of sp³-hybridized carbons (Fsp3) is 0.625. The summed E-state index contributed by atoms with van der Waals surface area (Å²) in [5.74, 6) is -0.122. The maximum Gasteiger partial charge on any atom is 0.416 e. The van der Waals surface area contributed by atoms with Crippen LogP contribution in [0.15, 0.2) is 18.2 Å². The second-order valence-electron chi connectivity index (χ2n) is 6.21. The van der Waals surface area contributed by atoms with Gasteiger partial charge >= 0.3 is 6.18 Å². The van der Waals surface area contributed by atoms with Crippen LogP contribution in [0.3, 0.4) is 0 Å². The van der Waals surface area contributed by atoms with Crippen molar-refractivity contribution in [1.29, 1.82) is 0 Å². The summed E-state index contributed by atoms with van der Waals surface area (Å²) in [6.45, 7) is 2.92. The second kappa shape index (κ2) is 8.70. The van der Waals surface area contributed by atoms with Crippen LogP contribution in [0.5, 0.6) is 0 Å². The van der Waals surface area contributed by atoms with Crippen LogP contribution in [0.25, 0.3) is 0 Å². The molecule has 8 heteroatoms. The van der Waals surface area contributed by atoms with E-state index in [4.69, 9.17) is 0 Å². The van der Waals surface area contributed by atoms with Gasteiger partial charge in [-0.15, -0.1) is 24.8 Å². The molecule has 1 atom stereocenters. The number of rotatable bonds is 4. The van der Waals surface area contributed by atoms with Crippen molar-refractivity contribution in [3.63, 3.8) is 0 Å². The maximum atomic E-state index is 13.6. The van der Waals surface area contributed by atoms with Crippen LogP contribution in [-0.4, -0.2) is 31.1 Å². The van der Waals surface area contributed by atoms with E-state index >= 15 is 0 Å². The van der Waals surface area contributed by atoms with Gasteiger partial charge in [-0.05, 0) is 36.1 Å². The number of hydrogen-bond acceptors (Lipinski definition) is 2. The molecule has 2 fully saturated rings. The van der Waals surface area contributed by atoms with E-state index in [1.807, 2.05) is 0 Å². The van der Waals surface area contributed by atoms with Crippen LogP contribution in [-0.2, 0) is 6.18 Å². The van der Waals surface area contributed by atoms with Crippen molar-refractivity contribution in [2.75, 3.05) is 26.2 Å². The lowest BCUT2D eigenvalue weighted by atomic mass is 9.93. The average Bonchev–Trinajstić information content (AvgIpc) is 3.28. The number of alkyl halides is 3. The van der Waals surface area contributed by atoms with E-state index in [9.17, 15) is 17.6 Å². The Labute approximate surface area is 151 Å². The quantitative estimate of drug-likeness (QED) is 0.767. The van der Waals surface area contributed by atoms with Gasteiger partial charge in [0.05, 0.1) is 5.56 Å². The first-order valence-electron chi connectivity index (χ1n) is 7.76. The molecule has 1 heterocycles. The Morgan fingerprint density at radius 2 is 1.75 bits per heavy atom. The van der Waals surface area contributed by atoms with Crippen molar-refractivity contribution in [2.24, 2.45) is 5.92 Å². The van der Waals surface area contributed by atoms with Gasteiger partial charge in [-0.1, -0.05) is 12.8 Å². The van der Waals surface area contributed by atoms with Crippen LogP contribution < -0.4 is 5.32 Å². The lowest BCUT2D eigenvalue weighted by Gasteiger charge is -2.36. The van der Waals surface area contributed by atoms with Gasteiger partial charge in [0, 0.05) is 32.2 Å². The van der Waals surface area contributed by atoms with Gasteiger partial charge in [0.25, 0.3) is 0 Å². The number of hydrogen-bond donors (Lipinski definition) is 1. The smallest absolute Gasteiger partial charge is 0.314 e. The van der Waals surface area contributed by atoms with Crippen LogP contribution >= 0.6 is 24.8 Å². The first-order chi connectivity index (χ1) is 10.4. The summed E-state index contributed by atoms with van der Waals surface area (Å²) in [4.78, 5) is 2.07. The highest BCUT2D eigenvalue weighted by molar-refractivity contribution is 5.85. The van der Waals surface area contributed by atoms with Gasteiger partial charge in [0.2, 0.25) is 0 Å². The predicted octanol–water partition coefficient (Wildman–Crippen LogP) is 4.43. The molecule has 24 heavy (non-hydrogen) atoms. The minimum Gasteiger partial charge on any atom is -0.314 e. The highest BCUT2D eigenvalue weighted by Gasteiger charge is 2.38. The minimum absolute atomic E-state index is 0. The Morgan fingerprint density at radius 3 is 2.29 bits per heavy atom. The molecule has 2 aliphatic rings. The zero-order valence-electron chi connectivity index (χ0n) is 13.1. The molecule has 0 radical (unpaired) electrons. The first kappa shape index (κ1) is 21.5. The van der Waals surface area contributed by atoms with Gasteiger partial charge in [0.15, 0.2) is 0 Å². The largest absolute Gasteiger partial charge is 0.416 e. The maximum absolute atomic E-state index is 13.6. The van der Waals surface area contributed by atoms with Crippen LogP contribution in [0.1, 0.15) is 36.4 Å². The van der Waals surface area contributed by atoms with E-state index in [1.165, 1.54) is 0 Å². The molecule has 1 saturated carbocycles. The van der Waals surface area contributed by atoms with Gasteiger partial charge < -0.3 is 5.32 Å². The standard InChI is InChI=1S/C16H20F4N2.2ClH/c17-12-3-4-14(16(18,19)20)13(10-12)15(9-11-1-2-11)22-7-5-21-6-8-22;;/h3-4,10-11,15,21H,1-2,5-9H2;2*1H/t15-;;/m0../s1. The normalized spacial score (nSPS) is 20.0. The van der Waals surface area contributed by atoms with E-state index in [0.717, 1.165) is 44.1 Å². The summed E-state index contributed by atoms with van der Waals surface area (Å²) in [5, 5.41) is 3.21. The summed E-state index contributed by atoms with van der Waals surface area (Å²) >= 11 is 0. The molecule has 0 unspecified atom stereocenters. The third-order valence-corrected chi connectivity index (χ3v) is 4.52. The molecular formula is C16H22Cl2F4N2. The van der Waals surface area contributed by atoms with E-state index in [1.54, 1.807) is 0 Å². The molecule has 0 amide bonds. The topological polar surface area (TPSA) is 15.3 Å². The summed E-state index contributed by atoms with van der Waals surface area (Å²) in [7, 11) is 0. The summed E-state index contributed by atoms with van der Waals surface area (Å²) in [6.07, 6.45) is -1.62. The summed E-state index contributed by atoms with van der Waals surface area (Å²) in [5.41, 5.74) is -0.598. The minimum atomic E-state index is -4.45. The molecule has 0 spiro atoms. The number of halogens is 6. The molecular weight excluding hydrogens is 367 g/mol. The number of piperazine rings is 1. The van der Waals surface area contributed by atoms with E-state index < -0.39 is 17.6 Å². The van der Waals surface area contributed by atoms with Crippen LogP contribution in [0, 0.1) is 11.7 Å². The molecule has 0 aromatic heterocycles. The lowest BCUT2D eigenvalue weighted by molar-refractivity contribution is -0.138. The second-order valence-corrected chi connectivity index (χ2v) is 6.21. The first-order valence-corrected chi connectivity index (χ1v) is 7.76. The van der Waals surface area contributed by atoms with Crippen LogP contribution in [0.4, 0.5) is 17.6 Å². The Bertz CT molecular complexity index is 529. The number of nitrogens with one attached hydrogen (secondary N) is 1. The zero-order valence-corrected chi connectivity index (χ0v) is 14.7. The third-order valence-electron chi connectivity index (χ3n) is 4.52. The highest BCUT2D eigenvalue weighted by Crippen LogP contribution is 2.43. The lowest BCUT2D eigenvalue weighted by Crippen LogP contribution is -2.45. The van der Waals surface area contributed by atoms with Crippen molar-refractivity contribution >= 4 is 24.8 Å². The molecule has 1 aliphatic carbocycles. The van der Waals surface area contributed by atoms with Gasteiger partial charge in [-0.3, -0.25) is 4.90 Å². The molecule has 138 valence electrons. The Morgan fingerprint density at radius 1 is 1.12 bits per heavy atom. The van der Waals surface area contributed by atoms with Crippen molar-refractivity contribution < 1.29 is 17.6 Å². The fourth-order valence-corrected chi connectivity index (χ4v) is 3.20. The van der Waals surface area contributed by atoms with E-state index in [2.05, 4.69) is 10.2 Å². The van der Waals surface area contributed by atoms with Crippen molar-refractivity contribution in [3.05, 3.63) is 35.1 Å². The SMILES string of the molecule is Cl.Cl.Fc1ccc(C(F)(F)F)c([C@H](CC2CC2)N2CCNCC2)c1. The molecule has 1 aromatic carbocycles. The van der Waals surface area contributed by atoms with Crippen LogP contribution in [0.2, 0.25) is 0 Å². The Kier molecular flexibility index (Phi) is 7.78. The average molecular weight is 389 g/mol. The van der Waals surface area contributed by atoms with Crippen molar-refractivity contribution in [2.45, 2.75) is 31.5 Å². The van der Waals surface area contributed by atoms with Gasteiger partial charge in [-0.25, -0.2) is 4.39 Å². The number of nitrogens with zero attached hydrogens (tertiary/aromatic N) is 1. The van der Waals surface area contributed by atoms with Gasteiger partial charge in [-0.2, -0.15) is 13.2 Å². The monoisotopic (exact) mass is 388 g/mol. The molecule has 1 aliphatic heterocycles. The van der Waals surface area contributed by atoms with Crippen molar-refractivity contribution in [1.82, 2.24) is 10.2 Å². The Hall–Kier alpha value is -0.560. The van der Waals surface area contributed by atoms with Gasteiger partial charge in [0.1, 0.15) is 5.82 Å². The summed E-state index contributed by atoms with van der Waals surface area (Å²) < 4.78 is 53.5. The zero-order chi connectivity index (χ0) is 15.7. The summed E-state index contributed by atoms with van der Waals surface area (Å²) in [6, 6.07) is 2.52. The molecule has 1 aromatic rings. The molecule has 2 nitrogen and oxygen atoms in total. The molecule has 1 saturated heterocycles. The van der Waals surface area contributed by atoms with Crippen molar-refractivity contribution in [3.8, 4) is 0 Å². The van der Waals surface area contributed by atoms with E-state index in [0.29, 0.717) is 25.4 Å². The fourth-order valence-electron chi connectivity index (χ4n) is 3.20. The molecule has 0 bridgehead atoms. The molecule has 3 rings (SSSR count).